The highest BCUT2D eigenvalue weighted by Crippen LogP contribution is 2.53. The second-order valence-electron chi connectivity index (χ2n) is 6.69. The van der Waals surface area contributed by atoms with Gasteiger partial charge in [-0.15, -0.1) is 0 Å². The maximum atomic E-state index is 12.5. The van der Waals surface area contributed by atoms with Gasteiger partial charge >= 0.3 is 6.09 Å². The number of carbonyl (C=O) groups excluding carboxylic acids is 2. The molecule has 0 N–H and O–H groups in total. The Morgan fingerprint density at radius 2 is 1.90 bits per heavy atom. The third-order valence-corrected chi connectivity index (χ3v) is 3.85. The van der Waals surface area contributed by atoms with Crippen LogP contribution in [0.25, 0.3) is 0 Å². The molecule has 0 atom stereocenters. The second-order valence-corrected chi connectivity index (χ2v) is 6.69. The van der Waals surface area contributed by atoms with Gasteiger partial charge in [0.1, 0.15) is 5.60 Å². The van der Waals surface area contributed by atoms with Gasteiger partial charge in [-0.05, 0) is 45.7 Å². The molecule has 0 aromatic heterocycles. The molecule has 1 spiro atoms. The van der Waals surface area contributed by atoms with E-state index in [1.54, 1.807) is 11.0 Å². The number of ether oxygens (including phenoxy) is 1. The van der Waals surface area contributed by atoms with Crippen molar-refractivity contribution in [2.24, 2.45) is 5.41 Å². The number of Topliss-reactive ketones (excluding diaryl/α,β-unsaturated/α-hetero) is 1. The Balaban J connectivity index is 1.98. The first-order valence-electron chi connectivity index (χ1n) is 6.97. The molecule has 2 aliphatic rings. The minimum atomic E-state index is -0.538. The molecule has 1 aliphatic heterocycles. The first-order valence-corrected chi connectivity index (χ1v) is 6.97. The molecule has 0 radical (unpaired) electrons. The standard InChI is InChI=1S/C16H19NO3/c1-15(2,3)20-14(19)17-10-16(8-9-16)13(18)11-6-4-5-7-12(11)17/h4-7H,8-10H2,1-3H3. The zero-order valence-corrected chi connectivity index (χ0v) is 12.1. The molecular weight excluding hydrogens is 254 g/mol. The SMILES string of the molecule is CC(C)(C)OC(=O)N1CC2(CC2)C(=O)c2ccccc21. The third kappa shape index (κ3) is 2.09. The van der Waals surface area contributed by atoms with E-state index in [0.29, 0.717) is 17.8 Å². The predicted octanol–water partition coefficient (Wildman–Crippen LogP) is 3.40. The van der Waals surface area contributed by atoms with Crippen molar-refractivity contribution < 1.29 is 14.3 Å². The number of anilines is 1. The number of fused-ring (bicyclic) bond motifs is 1. The highest BCUT2D eigenvalue weighted by Gasteiger charge is 2.55. The van der Waals surface area contributed by atoms with E-state index < -0.39 is 5.60 Å². The molecule has 1 aliphatic carbocycles. The Morgan fingerprint density at radius 3 is 2.50 bits per heavy atom. The van der Waals surface area contributed by atoms with E-state index in [0.717, 1.165) is 12.8 Å². The summed E-state index contributed by atoms with van der Waals surface area (Å²) in [6, 6.07) is 7.29. The van der Waals surface area contributed by atoms with Gasteiger partial charge in [0.25, 0.3) is 0 Å². The van der Waals surface area contributed by atoms with Crippen LogP contribution in [0, 0.1) is 5.41 Å². The van der Waals surface area contributed by atoms with Gasteiger partial charge in [-0.25, -0.2) is 4.79 Å². The maximum Gasteiger partial charge on any atom is 0.414 e. The van der Waals surface area contributed by atoms with Gasteiger partial charge in [0.2, 0.25) is 0 Å². The molecule has 1 aromatic rings. The lowest BCUT2D eigenvalue weighted by molar-refractivity contribution is 0.0566. The molecule has 1 fully saturated rings. The molecule has 0 saturated heterocycles. The molecule has 4 heteroatoms. The number of carbonyl (C=O) groups is 2. The normalized spacial score (nSPS) is 19.8. The molecule has 0 bridgehead atoms. The summed E-state index contributed by atoms with van der Waals surface area (Å²) in [5.74, 6) is 0.174. The fourth-order valence-corrected chi connectivity index (χ4v) is 2.66. The van der Waals surface area contributed by atoms with Crippen molar-refractivity contribution in [3.05, 3.63) is 29.8 Å². The summed E-state index contributed by atoms with van der Waals surface area (Å²) in [6.07, 6.45) is 1.35. The molecule has 4 nitrogen and oxygen atoms in total. The lowest BCUT2D eigenvalue weighted by Crippen LogP contribution is -2.46. The van der Waals surface area contributed by atoms with E-state index in [1.165, 1.54) is 0 Å². The number of ketones is 1. The van der Waals surface area contributed by atoms with Crippen LogP contribution >= 0.6 is 0 Å². The highest BCUT2D eigenvalue weighted by molar-refractivity contribution is 6.12. The number of benzene rings is 1. The summed E-state index contributed by atoms with van der Waals surface area (Å²) in [5, 5.41) is 0. The highest BCUT2D eigenvalue weighted by atomic mass is 16.6. The molecule has 1 aromatic carbocycles. The van der Waals surface area contributed by atoms with Crippen molar-refractivity contribution in [3.63, 3.8) is 0 Å². The Morgan fingerprint density at radius 1 is 1.25 bits per heavy atom. The maximum absolute atomic E-state index is 12.5. The summed E-state index contributed by atoms with van der Waals surface area (Å²) in [4.78, 5) is 26.5. The van der Waals surface area contributed by atoms with Gasteiger partial charge in [-0.3, -0.25) is 9.69 Å². The van der Waals surface area contributed by atoms with E-state index >= 15 is 0 Å². The molecule has 1 amide bonds. The Hall–Kier alpha value is -1.84. The number of hydrogen-bond acceptors (Lipinski definition) is 3. The summed E-state index contributed by atoms with van der Waals surface area (Å²) < 4.78 is 5.47. The molecule has 0 unspecified atom stereocenters. The number of amides is 1. The fourth-order valence-electron chi connectivity index (χ4n) is 2.66. The van der Waals surface area contributed by atoms with Gasteiger partial charge in [0.15, 0.2) is 5.78 Å². The molecule has 1 heterocycles. The molecule has 3 rings (SSSR count). The molecule has 20 heavy (non-hydrogen) atoms. The van der Waals surface area contributed by atoms with Crippen molar-refractivity contribution in [1.82, 2.24) is 0 Å². The monoisotopic (exact) mass is 273 g/mol. The van der Waals surface area contributed by atoms with Gasteiger partial charge in [0, 0.05) is 12.1 Å². The smallest absolute Gasteiger partial charge is 0.414 e. The summed E-state index contributed by atoms with van der Waals surface area (Å²) in [6.45, 7) is 5.98. The van der Waals surface area contributed by atoms with E-state index in [4.69, 9.17) is 4.74 Å². The zero-order valence-electron chi connectivity index (χ0n) is 12.1. The Labute approximate surface area is 118 Å². The minimum absolute atomic E-state index is 0.174. The van der Waals surface area contributed by atoms with Crippen molar-refractivity contribution in [2.75, 3.05) is 11.4 Å². The summed E-state index contributed by atoms with van der Waals surface area (Å²) >= 11 is 0. The third-order valence-electron chi connectivity index (χ3n) is 3.85. The number of nitrogens with zero attached hydrogens (tertiary/aromatic N) is 1. The average molecular weight is 273 g/mol. The van der Waals surface area contributed by atoms with Crippen molar-refractivity contribution >= 4 is 17.6 Å². The van der Waals surface area contributed by atoms with Crippen molar-refractivity contribution in [3.8, 4) is 0 Å². The molecular formula is C16H19NO3. The summed E-state index contributed by atoms with van der Waals surface area (Å²) in [5.41, 5.74) is 0.418. The van der Waals surface area contributed by atoms with Crippen LogP contribution in [-0.4, -0.2) is 24.0 Å². The van der Waals surface area contributed by atoms with Gasteiger partial charge in [-0.1, -0.05) is 12.1 Å². The second kappa shape index (κ2) is 4.08. The number of para-hydroxylation sites is 1. The van der Waals surface area contributed by atoms with Crippen LogP contribution in [0.5, 0.6) is 0 Å². The average Bonchev–Trinajstić information content (AvgIpc) is 3.13. The van der Waals surface area contributed by atoms with Gasteiger partial charge in [-0.2, -0.15) is 0 Å². The first kappa shape index (κ1) is 13.2. The van der Waals surface area contributed by atoms with E-state index in [2.05, 4.69) is 0 Å². The topological polar surface area (TPSA) is 46.6 Å². The van der Waals surface area contributed by atoms with Crippen LogP contribution < -0.4 is 4.90 Å². The van der Waals surface area contributed by atoms with Crippen LogP contribution in [-0.2, 0) is 4.74 Å². The number of hydrogen-bond donors (Lipinski definition) is 0. The van der Waals surface area contributed by atoms with E-state index in [1.807, 2.05) is 39.0 Å². The lowest BCUT2D eigenvalue weighted by Gasteiger charge is -2.34. The van der Waals surface area contributed by atoms with E-state index in [-0.39, 0.29) is 17.3 Å². The van der Waals surface area contributed by atoms with Crippen LogP contribution in [0.1, 0.15) is 44.0 Å². The predicted molar refractivity (Wildman–Crippen MR) is 76.0 cm³/mol. The van der Waals surface area contributed by atoms with Crippen LogP contribution in [0.3, 0.4) is 0 Å². The van der Waals surface area contributed by atoms with Crippen molar-refractivity contribution in [2.45, 2.75) is 39.2 Å². The summed E-state index contributed by atoms with van der Waals surface area (Å²) in [7, 11) is 0. The van der Waals surface area contributed by atoms with Gasteiger partial charge < -0.3 is 4.74 Å². The molecule has 1 saturated carbocycles. The molecule has 106 valence electrons. The van der Waals surface area contributed by atoms with Crippen LogP contribution in [0.15, 0.2) is 24.3 Å². The van der Waals surface area contributed by atoms with Crippen LogP contribution in [0.2, 0.25) is 0 Å². The number of rotatable bonds is 0. The Bertz CT molecular complexity index is 582. The minimum Gasteiger partial charge on any atom is -0.443 e. The zero-order chi connectivity index (χ0) is 14.5. The van der Waals surface area contributed by atoms with E-state index in [9.17, 15) is 9.59 Å². The quantitative estimate of drug-likeness (QED) is 0.727. The van der Waals surface area contributed by atoms with Gasteiger partial charge in [0.05, 0.1) is 11.1 Å². The van der Waals surface area contributed by atoms with Crippen molar-refractivity contribution in [1.29, 1.82) is 0 Å². The largest absolute Gasteiger partial charge is 0.443 e. The first-order chi connectivity index (χ1) is 9.32. The Kier molecular flexibility index (Phi) is 2.68. The lowest BCUT2D eigenvalue weighted by atomic mass is 9.88. The fraction of sp³-hybridized carbons (Fsp3) is 0.500. The van der Waals surface area contributed by atoms with Crippen LogP contribution in [0.4, 0.5) is 10.5 Å².